The summed E-state index contributed by atoms with van der Waals surface area (Å²) in [7, 11) is 0. The SMILES string of the molecule is CSc1cc(N2CCC3(CC2)OC2CCC(c4cc(F)cc(F)c4)N2C3=O)ncc1C#N. The van der Waals surface area contributed by atoms with Gasteiger partial charge >= 0.3 is 0 Å². The van der Waals surface area contributed by atoms with Gasteiger partial charge in [0.05, 0.1) is 11.6 Å². The molecule has 6 nitrogen and oxygen atoms in total. The topological polar surface area (TPSA) is 69.5 Å². The standard InChI is InChI=1S/C23H22F2N4O2S/c1-32-19-11-20(27-13-15(19)12-26)28-6-4-23(5-7-28)22(30)29-18(2-3-21(29)31-23)14-8-16(24)10-17(25)9-14/h8-11,13,18,21H,2-7H2,1H3. The van der Waals surface area contributed by atoms with E-state index in [0.29, 0.717) is 49.9 Å². The number of nitriles is 1. The molecule has 166 valence electrons. The maximum atomic E-state index is 13.8. The van der Waals surface area contributed by atoms with Crippen molar-refractivity contribution in [2.75, 3.05) is 24.2 Å². The Bertz CT molecular complexity index is 1090. The first-order valence-corrected chi connectivity index (χ1v) is 11.8. The number of amides is 1. The van der Waals surface area contributed by atoms with Crippen LogP contribution >= 0.6 is 11.8 Å². The monoisotopic (exact) mass is 456 g/mol. The van der Waals surface area contributed by atoms with Crippen LogP contribution in [0.1, 0.15) is 42.9 Å². The van der Waals surface area contributed by atoms with Crippen molar-refractivity contribution in [1.29, 1.82) is 5.26 Å². The van der Waals surface area contributed by atoms with Crippen molar-refractivity contribution < 1.29 is 18.3 Å². The number of fused-ring (bicyclic) bond motifs is 1. The lowest BCUT2D eigenvalue weighted by Gasteiger charge is -2.38. The van der Waals surface area contributed by atoms with Crippen LogP contribution in [0, 0.1) is 23.0 Å². The summed E-state index contributed by atoms with van der Waals surface area (Å²) in [6.45, 7) is 1.19. The molecule has 2 atom stereocenters. The van der Waals surface area contributed by atoms with Crippen molar-refractivity contribution >= 4 is 23.5 Å². The van der Waals surface area contributed by atoms with Crippen LogP contribution < -0.4 is 4.90 Å². The minimum atomic E-state index is -0.902. The normalized spacial score (nSPS) is 24.1. The Morgan fingerprint density at radius 2 is 1.91 bits per heavy atom. The summed E-state index contributed by atoms with van der Waals surface area (Å²) in [6.07, 6.45) is 5.44. The molecule has 9 heteroatoms. The third-order valence-electron chi connectivity index (χ3n) is 6.68. The number of halogens is 2. The highest BCUT2D eigenvalue weighted by Crippen LogP contribution is 2.48. The fourth-order valence-corrected chi connectivity index (χ4v) is 5.63. The molecule has 1 spiro atoms. The highest BCUT2D eigenvalue weighted by molar-refractivity contribution is 7.98. The van der Waals surface area contributed by atoms with Gasteiger partial charge < -0.3 is 14.5 Å². The Hall–Kier alpha value is -2.70. The largest absolute Gasteiger partial charge is 0.356 e. The minimum absolute atomic E-state index is 0.0908. The van der Waals surface area contributed by atoms with E-state index in [1.165, 1.54) is 23.9 Å². The second kappa shape index (κ2) is 8.01. The maximum Gasteiger partial charge on any atom is 0.257 e. The van der Waals surface area contributed by atoms with Gasteiger partial charge in [-0.1, -0.05) is 0 Å². The molecule has 1 aromatic heterocycles. The number of carbonyl (C=O) groups is 1. The van der Waals surface area contributed by atoms with E-state index in [9.17, 15) is 18.8 Å². The summed E-state index contributed by atoms with van der Waals surface area (Å²) in [5.41, 5.74) is 0.119. The molecule has 0 bridgehead atoms. The van der Waals surface area contributed by atoms with Crippen LogP contribution in [0.2, 0.25) is 0 Å². The summed E-state index contributed by atoms with van der Waals surface area (Å²) < 4.78 is 33.8. The first kappa shape index (κ1) is 21.2. The third-order valence-corrected chi connectivity index (χ3v) is 7.45. The van der Waals surface area contributed by atoms with Crippen LogP contribution in [-0.2, 0) is 9.53 Å². The molecule has 4 heterocycles. The smallest absolute Gasteiger partial charge is 0.257 e. The van der Waals surface area contributed by atoms with Crippen LogP contribution in [0.15, 0.2) is 35.4 Å². The first-order valence-electron chi connectivity index (χ1n) is 10.6. The fraction of sp³-hybridized carbons (Fsp3) is 0.435. The number of ether oxygens (including phenoxy) is 1. The Morgan fingerprint density at radius 3 is 2.56 bits per heavy atom. The van der Waals surface area contributed by atoms with Crippen molar-refractivity contribution in [2.45, 2.75) is 48.4 Å². The molecule has 2 unspecified atom stereocenters. The number of pyridine rings is 1. The number of rotatable bonds is 3. The number of piperidine rings is 1. The molecule has 0 aliphatic carbocycles. The van der Waals surface area contributed by atoms with Crippen LogP contribution in [0.5, 0.6) is 0 Å². The number of hydrogen-bond acceptors (Lipinski definition) is 6. The van der Waals surface area contributed by atoms with Crippen LogP contribution in [-0.4, -0.2) is 47.0 Å². The molecule has 1 aromatic carbocycles. The molecule has 0 radical (unpaired) electrons. The molecule has 32 heavy (non-hydrogen) atoms. The number of nitrogens with zero attached hydrogens (tertiary/aromatic N) is 4. The van der Waals surface area contributed by atoms with Gasteiger partial charge in [-0.2, -0.15) is 5.26 Å². The van der Waals surface area contributed by atoms with E-state index in [4.69, 9.17) is 4.74 Å². The molecule has 5 rings (SSSR count). The van der Waals surface area contributed by atoms with Crippen LogP contribution in [0.25, 0.3) is 0 Å². The van der Waals surface area contributed by atoms with Crippen molar-refractivity contribution in [1.82, 2.24) is 9.88 Å². The molecule has 3 fully saturated rings. The second-order valence-electron chi connectivity index (χ2n) is 8.42. The predicted molar refractivity (Wildman–Crippen MR) is 115 cm³/mol. The maximum absolute atomic E-state index is 13.8. The van der Waals surface area contributed by atoms with E-state index in [0.717, 1.165) is 16.8 Å². The first-order chi connectivity index (χ1) is 15.4. The summed E-state index contributed by atoms with van der Waals surface area (Å²) in [4.78, 5) is 22.6. The molecule has 2 aromatic rings. The Balaban J connectivity index is 1.33. The molecular weight excluding hydrogens is 434 g/mol. The zero-order valence-corrected chi connectivity index (χ0v) is 18.4. The number of benzene rings is 1. The molecule has 3 aliphatic rings. The number of thioether (sulfide) groups is 1. The van der Waals surface area contributed by atoms with E-state index >= 15 is 0 Å². The van der Waals surface area contributed by atoms with Gasteiger partial charge in [-0.25, -0.2) is 13.8 Å². The van der Waals surface area contributed by atoms with Gasteiger partial charge in [0.25, 0.3) is 5.91 Å². The van der Waals surface area contributed by atoms with E-state index in [1.54, 1.807) is 11.1 Å². The lowest BCUT2D eigenvalue weighted by atomic mass is 9.89. The predicted octanol–water partition coefficient (Wildman–Crippen LogP) is 4.01. The van der Waals surface area contributed by atoms with Gasteiger partial charge in [0.2, 0.25) is 0 Å². The fourth-order valence-electron chi connectivity index (χ4n) is 5.09. The summed E-state index contributed by atoms with van der Waals surface area (Å²) >= 11 is 1.50. The van der Waals surface area contributed by atoms with Gasteiger partial charge in [0.15, 0.2) is 5.60 Å². The lowest BCUT2D eigenvalue weighted by Crippen LogP contribution is -2.50. The van der Waals surface area contributed by atoms with Gasteiger partial charge in [0.1, 0.15) is 29.7 Å². The minimum Gasteiger partial charge on any atom is -0.356 e. The van der Waals surface area contributed by atoms with Gasteiger partial charge in [-0.15, -0.1) is 11.8 Å². The highest BCUT2D eigenvalue weighted by atomic mass is 32.2. The quantitative estimate of drug-likeness (QED) is 0.650. The van der Waals surface area contributed by atoms with Crippen molar-refractivity contribution in [3.05, 3.63) is 53.2 Å². The average molecular weight is 457 g/mol. The Kier molecular flexibility index (Phi) is 5.30. The molecule has 1 amide bonds. The van der Waals surface area contributed by atoms with E-state index in [-0.39, 0.29) is 18.2 Å². The summed E-state index contributed by atoms with van der Waals surface area (Å²) in [6, 6.07) is 7.13. The molecule has 3 saturated heterocycles. The van der Waals surface area contributed by atoms with Gasteiger partial charge in [-0.05, 0) is 42.9 Å². The Labute approximate surface area is 189 Å². The zero-order chi connectivity index (χ0) is 22.5. The Morgan fingerprint density at radius 1 is 1.19 bits per heavy atom. The average Bonchev–Trinajstić information content (AvgIpc) is 3.31. The zero-order valence-electron chi connectivity index (χ0n) is 17.6. The van der Waals surface area contributed by atoms with Gasteiger partial charge in [-0.3, -0.25) is 4.79 Å². The molecule has 0 saturated carbocycles. The van der Waals surface area contributed by atoms with E-state index in [1.807, 2.05) is 12.3 Å². The van der Waals surface area contributed by atoms with Crippen molar-refractivity contribution in [3.8, 4) is 6.07 Å². The number of carbonyl (C=O) groups excluding carboxylic acids is 1. The van der Waals surface area contributed by atoms with Crippen molar-refractivity contribution in [2.24, 2.45) is 0 Å². The summed E-state index contributed by atoms with van der Waals surface area (Å²) in [5, 5.41) is 9.21. The van der Waals surface area contributed by atoms with E-state index in [2.05, 4.69) is 16.0 Å². The van der Waals surface area contributed by atoms with Crippen molar-refractivity contribution in [3.63, 3.8) is 0 Å². The molecular formula is C23H22F2N4O2S. The second-order valence-corrected chi connectivity index (χ2v) is 9.26. The van der Waals surface area contributed by atoms with Gasteiger partial charge in [0, 0.05) is 43.1 Å². The third kappa shape index (κ3) is 3.42. The summed E-state index contributed by atoms with van der Waals surface area (Å²) in [5.74, 6) is -0.591. The number of anilines is 1. The van der Waals surface area contributed by atoms with E-state index < -0.39 is 17.2 Å². The number of hydrogen-bond donors (Lipinski definition) is 0. The van der Waals surface area contributed by atoms with Crippen LogP contribution in [0.4, 0.5) is 14.6 Å². The van der Waals surface area contributed by atoms with Crippen LogP contribution in [0.3, 0.4) is 0 Å². The highest BCUT2D eigenvalue weighted by Gasteiger charge is 2.58. The lowest BCUT2D eigenvalue weighted by molar-refractivity contribution is -0.140. The number of aromatic nitrogens is 1. The molecule has 3 aliphatic heterocycles. The molecule has 0 N–H and O–H groups in total.